The fourth-order valence-corrected chi connectivity index (χ4v) is 0.840. The van der Waals surface area contributed by atoms with E-state index in [4.69, 9.17) is 4.74 Å². The average Bonchev–Trinajstić information content (AvgIpc) is 1.86. The second-order valence-electron chi connectivity index (χ2n) is 3.84. The Bertz CT molecular complexity index is 208. The molecule has 0 bridgehead atoms. The van der Waals surface area contributed by atoms with Crippen molar-refractivity contribution in [2.75, 3.05) is 0 Å². The van der Waals surface area contributed by atoms with Crippen molar-refractivity contribution in [2.45, 2.75) is 27.7 Å². The maximum Gasteiger partial charge on any atom is 0.110 e. The minimum atomic E-state index is 0.134. The van der Waals surface area contributed by atoms with Crippen molar-refractivity contribution in [3.8, 4) is 0 Å². The first-order valence-corrected chi connectivity index (χ1v) is 3.80. The topological polar surface area (TPSA) is 21.3 Å². The van der Waals surface area contributed by atoms with Crippen molar-refractivity contribution < 1.29 is 4.74 Å². The molecule has 0 unspecified atom stereocenters. The van der Waals surface area contributed by atoms with Gasteiger partial charge in [0.05, 0.1) is 5.70 Å². The van der Waals surface area contributed by atoms with E-state index in [1.54, 1.807) is 12.5 Å². The summed E-state index contributed by atoms with van der Waals surface area (Å²) in [6.07, 6.45) is 3.46. The zero-order valence-electron chi connectivity index (χ0n) is 7.56. The number of rotatable bonds is 0. The highest BCUT2D eigenvalue weighted by atomic mass is 16.5. The average molecular weight is 153 g/mol. The van der Waals surface area contributed by atoms with Crippen molar-refractivity contribution in [3.63, 3.8) is 0 Å². The summed E-state index contributed by atoms with van der Waals surface area (Å²) in [7, 11) is 0. The first kappa shape index (κ1) is 8.18. The van der Waals surface area contributed by atoms with E-state index in [1.165, 1.54) is 0 Å². The second-order valence-corrected chi connectivity index (χ2v) is 3.84. The lowest BCUT2D eigenvalue weighted by atomic mass is 9.92. The fraction of sp³-hybridized carbons (Fsp3) is 0.556. The molecule has 0 spiro atoms. The molecule has 0 aromatic rings. The van der Waals surface area contributed by atoms with E-state index in [-0.39, 0.29) is 5.41 Å². The maximum absolute atomic E-state index is 5.13. The summed E-state index contributed by atoms with van der Waals surface area (Å²) in [6.45, 7) is 8.42. The van der Waals surface area contributed by atoms with E-state index in [0.717, 1.165) is 11.4 Å². The largest absolute Gasteiger partial charge is 0.469 e. The van der Waals surface area contributed by atoms with Gasteiger partial charge in [-0.25, -0.2) is 0 Å². The third-order valence-corrected chi connectivity index (χ3v) is 1.57. The first-order chi connectivity index (χ1) is 5.00. The molecule has 1 rings (SSSR count). The van der Waals surface area contributed by atoms with Crippen LogP contribution >= 0.6 is 0 Å². The third-order valence-electron chi connectivity index (χ3n) is 1.57. The van der Waals surface area contributed by atoms with Crippen LogP contribution in [0.5, 0.6) is 0 Å². The molecule has 11 heavy (non-hydrogen) atoms. The molecule has 0 fully saturated rings. The molecule has 0 saturated heterocycles. The smallest absolute Gasteiger partial charge is 0.110 e. The lowest BCUT2D eigenvalue weighted by Crippen LogP contribution is -2.25. The van der Waals surface area contributed by atoms with Gasteiger partial charge in [0.2, 0.25) is 0 Å². The number of allylic oxidation sites excluding steroid dienone is 2. The van der Waals surface area contributed by atoms with Gasteiger partial charge in [-0.15, -0.1) is 0 Å². The van der Waals surface area contributed by atoms with Crippen LogP contribution in [0.1, 0.15) is 27.7 Å². The van der Waals surface area contributed by atoms with Crippen LogP contribution in [0.4, 0.5) is 0 Å². The molecule has 0 amide bonds. The van der Waals surface area contributed by atoms with Gasteiger partial charge in [0, 0.05) is 11.1 Å². The molecule has 0 aromatic heterocycles. The Hall–Kier alpha value is -0.920. The molecule has 2 nitrogen and oxygen atoms in total. The van der Waals surface area contributed by atoms with E-state index < -0.39 is 0 Å². The monoisotopic (exact) mass is 153 g/mol. The van der Waals surface area contributed by atoms with Gasteiger partial charge in [0.15, 0.2) is 0 Å². The lowest BCUT2D eigenvalue weighted by Gasteiger charge is -2.26. The van der Waals surface area contributed by atoms with Crippen LogP contribution in [0.3, 0.4) is 0 Å². The van der Waals surface area contributed by atoms with Crippen molar-refractivity contribution >= 4 is 0 Å². The predicted octanol–water partition coefficient (Wildman–Crippen LogP) is 2.36. The predicted molar refractivity (Wildman–Crippen MR) is 45.5 cm³/mol. The van der Waals surface area contributed by atoms with Crippen LogP contribution in [-0.4, -0.2) is 0 Å². The van der Waals surface area contributed by atoms with E-state index in [1.807, 2.05) is 6.92 Å². The molecule has 0 radical (unpaired) electrons. The van der Waals surface area contributed by atoms with Crippen LogP contribution in [0, 0.1) is 5.41 Å². The normalized spacial score (nSPS) is 17.8. The van der Waals surface area contributed by atoms with Crippen molar-refractivity contribution in [1.82, 2.24) is 5.32 Å². The first-order valence-electron chi connectivity index (χ1n) is 3.80. The van der Waals surface area contributed by atoms with E-state index >= 15 is 0 Å². The quantitative estimate of drug-likeness (QED) is 0.576. The zero-order chi connectivity index (χ0) is 8.48. The highest BCUT2D eigenvalue weighted by Gasteiger charge is 2.19. The molecule has 2 heteroatoms. The molecule has 0 aromatic carbocycles. The van der Waals surface area contributed by atoms with Crippen LogP contribution in [0.15, 0.2) is 23.9 Å². The van der Waals surface area contributed by atoms with Crippen molar-refractivity contribution in [3.05, 3.63) is 23.9 Å². The standard InChI is InChI=1S/C9H15NO/c1-7-5-11-6-8(10-7)9(2,3)4/h5-6,10H,1-4H3. The van der Waals surface area contributed by atoms with Gasteiger partial charge < -0.3 is 10.1 Å². The Kier molecular flexibility index (Phi) is 1.94. The van der Waals surface area contributed by atoms with Crippen molar-refractivity contribution in [1.29, 1.82) is 0 Å². The minimum Gasteiger partial charge on any atom is -0.469 e. The second kappa shape index (κ2) is 2.61. The minimum absolute atomic E-state index is 0.134. The van der Waals surface area contributed by atoms with Crippen LogP contribution in [0.2, 0.25) is 0 Å². The SMILES string of the molecule is CC1=COC=C(C(C)(C)C)N1. The molecule has 1 heterocycles. The number of hydrogen-bond acceptors (Lipinski definition) is 2. The molecule has 1 N–H and O–H groups in total. The van der Waals surface area contributed by atoms with Gasteiger partial charge in [-0.05, 0) is 6.92 Å². The van der Waals surface area contributed by atoms with E-state index in [0.29, 0.717) is 0 Å². The van der Waals surface area contributed by atoms with Gasteiger partial charge >= 0.3 is 0 Å². The van der Waals surface area contributed by atoms with E-state index in [2.05, 4.69) is 26.1 Å². The molecule has 0 aliphatic carbocycles. The highest BCUT2D eigenvalue weighted by molar-refractivity contribution is 5.15. The number of nitrogens with one attached hydrogen (secondary N) is 1. The highest BCUT2D eigenvalue weighted by Crippen LogP contribution is 2.25. The van der Waals surface area contributed by atoms with Gasteiger partial charge in [0.25, 0.3) is 0 Å². The Morgan fingerprint density at radius 1 is 1.27 bits per heavy atom. The Morgan fingerprint density at radius 2 is 1.91 bits per heavy atom. The van der Waals surface area contributed by atoms with Crippen LogP contribution in [-0.2, 0) is 4.74 Å². The van der Waals surface area contributed by atoms with Gasteiger partial charge in [0.1, 0.15) is 12.5 Å². The number of ether oxygens (including phenoxy) is 1. The Labute approximate surface area is 67.9 Å². The summed E-state index contributed by atoms with van der Waals surface area (Å²) >= 11 is 0. The molecule has 1 aliphatic rings. The molecule has 1 aliphatic heterocycles. The van der Waals surface area contributed by atoms with E-state index in [9.17, 15) is 0 Å². The summed E-state index contributed by atoms with van der Waals surface area (Å²) in [6, 6.07) is 0. The molecular formula is C9H15NO. The molecule has 62 valence electrons. The maximum atomic E-state index is 5.13. The fourth-order valence-electron chi connectivity index (χ4n) is 0.840. The van der Waals surface area contributed by atoms with Crippen LogP contribution < -0.4 is 5.32 Å². The summed E-state index contributed by atoms with van der Waals surface area (Å²) in [4.78, 5) is 0. The lowest BCUT2D eigenvalue weighted by molar-refractivity contribution is 0.341. The summed E-state index contributed by atoms with van der Waals surface area (Å²) < 4.78 is 5.13. The van der Waals surface area contributed by atoms with Gasteiger partial charge in [-0.2, -0.15) is 0 Å². The number of hydrogen-bond donors (Lipinski definition) is 1. The summed E-state index contributed by atoms with van der Waals surface area (Å²) in [5.41, 5.74) is 2.31. The molecule has 0 saturated carbocycles. The summed E-state index contributed by atoms with van der Waals surface area (Å²) in [5.74, 6) is 0. The summed E-state index contributed by atoms with van der Waals surface area (Å²) in [5, 5.41) is 3.25. The Balaban J connectivity index is 2.70. The molecular weight excluding hydrogens is 138 g/mol. The van der Waals surface area contributed by atoms with Gasteiger partial charge in [-0.3, -0.25) is 0 Å². The van der Waals surface area contributed by atoms with Crippen LogP contribution in [0.25, 0.3) is 0 Å². The van der Waals surface area contributed by atoms with Crippen molar-refractivity contribution in [2.24, 2.45) is 5.41 Å². The molecule has 0 atom stereocenters. The third kappa shape index (κ3) is 2.00. The zero-order valence-corrected chi connectivity index (χ0v) is 7.56. The Morgan fingerprint density at radius 3 is 2.27 bits per heavy atom. The van der Waals surface area contributed by atoms with Gasteiger partial charge in [-0.1, -0.05) is 20.8 Å².